The average Bonchev–Trinajstić information content (AvgIpc) is 3.20. The van der Waals surface area contributed by atoms with E-state index in [0.29, 0.717) is 6.54 Å². The maximum absolute atomic E-state index is 12.3. The number of benzene rings is 1. The van der Waals surface area contributed by atoms with Gasteiger partial charge in [0.2, 0.25) is 5.91 Å². The van der Waals surface area contributed by atoms with Crippen LogP contribution in [0.25, 0.3) is 0 Å². The summed E-state index contributed by atoms with van der Waals surface area (Å²) in [6.45, 7) is 3.28. The van der Waals surface area contributed by atoms with Crippen LogP contribution in [0.3, 0.4) is 0 Å². The molecule has 1 saturated heterocycles. The zero-order valence-corrected chi connectivity index (χ0v) is 15.4. The van der Waals surface area contributed by atoms with Gasteiger partial charge in [-0.3, -0.25) is 4.79 Å². The van der Waals surface area contributed by atoms with Gasteiger partial charge in [-0.25, -0.2) is 0 Å². The van der Waals surface area contributed by atoms with Crippen molar-refractivity contribution in [3.63, 3.8) is 0 Å². The van der Waals surface area contributed by atoms with E-state index < -0.39 is 0 Å². The highest BCUT2D eigenvalue weighted by atomic mass is 16.5. The number of carbonyl (C=O) groups is 1. The van der Waals surface area contributed by atoms with Gasteiger partial charge in [0.25, 0.3) is 0 Å². The maximum Gasteiger partial charge on any atom is 0.223 e. The van der Waals surface area contributed by atoms with Crippen LogP contribution in [0.1, 0.15) is 24.2 Å². The number of likely N-dealkylation sites (tertiary alicyclic amines) is 1. The summed E-state index contributed by atoms with van der Waals surface area (Å²) in [7, 11) is 3.33. The standard InChI is InChI=1S/C20H26N2O4/c1-24-18-7-3-5-16(19(18)25-2)14-22-10-8-15(9-11-22)20(23)21-13-17-6-4-12-26-17/h3-7,12,15H,8-11,13-14H2,1-2H3,(H,21,23)/p+1. The first kappa shape index (κ1) is 18.3. The fourth-order valence-electron chi connectivity index (χ4n) is 3.56. The lowest BCUT2D eigenvalue weighted by atomic mass is 9.95. The van der Waals surface area contributed by atoms with Gasteiger partial charge in [-0.15, -0.1) is 0 Å². The Labute approximate surface area is 154 Å². The summed E-state index contributed by atoms with van der Waals surface area (Å²) in [5, 5.41) is 2.97. The summed E-state index contributed by atoms with van der Waals surface area (Å²) in [6, 6.07) is 9.68. The van der Waals surface area contributed by atoms with Crippen molar-refractivity contribution >= 4 is 5.91 Å². The minimum atomic E-state index is 0.0842. The minimum absolute atomic E-state index is 0.0842. The Morgan fingerprint density at radius 3 is 2.65 bits per heavy atom. The number of carbonyl (C=O) groups excluding carboxylic acids is 1. The number of piperidine rings is 1. The molecule has 0 bridgehead atoms. The second-order valence-corrected chi connectivity index (χ2v) is 6.65. The lowest BCUT2D eigenvalue weighted by Crippen LogP contribution is -3.11. The van der Waals surface area contributed by atoms with E-state index >= 15 is 0 Å². The normalized spacial score (nSPS) is 19.8. The number of ether oxygens (including phenoxy) is 2. The van der Waals surface area contributed by atoms with Gasteiger partial charge in [0.1, 0.15) is 12.3 Å². The molecule has 0 aliphatic carbocycles. The third kappa shape index (κ3) is 4.38. The number of furan rings is 1. The maximum atomic E-state index is 12.3. The first-order valence-electron chi connectivity index (χ1n) is 9.04. The highest BCUT2D eigenvalue weighted by Crippen LogP contribution is 2.30. The van der Waals surface area contributed by atoms with E-state index in [4.69, 9.17) is 13.9 Å². The first-order chi connectivity index (χ1) is 12.7. The molecule has 1 aliphatic rings. The van der Waals surface area contributed by atoms with Crippen LogP contribution in [0.2, 0.25) is 0 Å². The number of para-hydroxylation sites is 1. The largest absolute Gasteiger partial charge is 0.493 e. The quantitative estimate of drug-likeness (QED) is 0.785. The van der Waals surface area contributed by atoms with Crippen LogP contribution in [0, 0.1) is 5.92 Å². The molecule has 140 valence electrons. The molecule has 0 saturated carbocycles. The summed E-state index contributed by atoms with van der Waals surface area (Å²) in [6.07, 6.45) is 3.41. The molecule has 2 N–H and O–H groups in total. The SMILES string of the molecule is COc1cccc(C[NH+]2CCC(C(=O)NCc3ccco3)CC2)c1OC. The van der Waals surface area contributed by atoms with Crippen molar-refractivity contribution in [2.45, 2.75) is 25.9 Å². The van der Waals surface area contributed by atoms with Crippen molar-refractivity contribution in [2.24, 2.45) is 5.92 Å². The Kier molecular flexibility index (Phi) is 6.17. The monoisotopic (exact) mass is 359 g/mol. The van der Waals surface area contributed by atoms with Crippen LogP contribution >= 0.6 is 0 Å². The molecule has 1 aromatic heterocycles. The van der Waals surface area contributed by atoms with E-state index in [1.54, 1.807) is 20.5 Å². The zero-order valence-electron chi connectivity index (χ0n) is 15.4. The number of quaternary nitrogens is 1. The van der Waals surface area contributed by atoms with Crippen LogP contribution < -0.4 is 19.7 Å². The number of amides is 1. The molecule has 6 heteroatoms. The summed E-state index contributed by atoms with van der Waals surface area (Å²) < 4.78 is 16.2. The van der Waals surface area contributed by atoms with Crippen molar-refractivity contribution < 1.29 is 23.6 Å². The van der Waals surface area contributed by atoms with E-state index in [9.17, 15) is 4.79 Å². The lowest BCUT2D eigenvalue weighted by molar-refractivity contribution is -0.919. The van der Waals surface area contributed by atoms with E-state index in [0.717, 1.165) is 55.3 Å². The van der Waals surface area contributed by atoms with Crippen molar-refractivity contribution in [1.29, 1.82) is 0 Å². The highest BCUT2D eigenvalue weighted by molar-refractivity contribution is 5.78. The van der Waals surface area contributed by atoms with Gasteiger partial charge in [-0.2, -0.15) is 0 Å². The van der Waals surface area contributed by atoms with Crippen molar-refractivity contribution in [3.05, 3.63) is 47.9 Å². The molecule has 2 heterocycles. The Bertz CT molecular complexity index is 707. The van der Waals surface area contributed by atoms with Crippen LogP contribution in [0.5, 0.6) is 11.5 Å². The smallest absolute Gasteiger partial charge is 0.223 e. The van der Waals surface area contributed by atoms with Crippen molar-refractivity contribution in [1.82, 2.24) is 5.32 Å². The van der Waals surface area contributed by atoms with Gasteiger partial charge in [0, 0.05) is 18.8 Å². The summed E-state index contributed by atoms with van der Waals surface area (Å²) in [5.41, 5.74) is 1.14. The predicted molar refractivity (Wildman–Crippen MR) is 97.2 cm³/mol. The van der Waals surface area contributed by atoms with Crippen LogP contribution in [-0.2, 0) is 17.9 Å². The first-order valence-corrected chi connectivity index (χ1v) is 9.04. The summed E-state index contributed by atoms with van der Waals surface area (Å²) in [5.74, 6) is 2.56. The molecule has 1 amide bonds. The molecule has 26 heavy (non-hydrogen) atoms. The van der Waals surface area contributed by atoms with E-state index in [1.807, 2.05) is 24.3 Å². The Morgan fingerprint density at radius 1 is 1.19 bits per heavy atom. The molecule has 0 radical (unpaired) electrons. The van der Waals surface area contributed by atoms with Gasteiger partial charge >= 0.3 is 0 Å². The van der Waals surface area contributed by atoms with Gasteiger partial charge in [0.15, 0.2) is 11.5 Å². The summed E-state index contributed by atoms with van der Waals surface area (Å²) >= 11 is 0. The number of hydrogen-bond acceptors (Lipinski definition) is 4. The number of hydrogen-bond donors (Lipinski definition) is 2. The van der Waals surface area contributed by atoms with Gasteiger partial charge in [-0.1, -0.05) is 6.07 Å². The Balaban J connectivity index is 1.50. The second kappa shape index (κ2) is 8.76. The van der Waals surface area contributed by atoms with Crippen LogP contribution in [0.15, 0.2) is 41.0 Å². The third-order valence-corrected chi connectivity index (χ3v) is 5.01. The molecule has 1 fully saturated rings. The van der Waals surface area contributed by atoms with Gasteiger partial charge < -0.3 is 24.1 Å². The predicted octanol–water partition coefficient (Wildman–Crippen LogP) is 1.41. The molecule has 1 aromatic carbocycles. The van der Waals surface area contributed by atoms with Crippen LogP contribution in [0.4, 0.5) is 0 Å². The summed E-state index contributed by atoms with van der Waals surface area (Å²) in [4.78, 5) is 13.8. The molecule has 2 aromatic rings. The number of nitrogens with one attached hydrogen (secondary N) is 2. The number of rotatable bonds is 7. The molecule has 0 unspecified atom stereocenters. The molecule has 3 rings (SSSR count). The number of methoxy groups -OCH3 is 2. The van der Waals surface area contributed by atoms with E-state index in [2.05, 4.69) is 11.4 Å². The molecule has 0 spiro atoms. The Hall–Kier alpha value is -2.47. The minimum Gasteiger partial charge on any atom is -0.493 e. The average molecular weight is 359 g/mol. The van der Waals surface area contributed by atoms with Gasteiger partial charge in [0.05, 0.1) is 45.7 Å². The van der Waals surface area contributed by atoms with Crippen LogP contribution in [-0.4, -0.2) is 33.2 Å². The molecular weight excluding hydrogens is 332 g/mol. The molecular formula is C20H27N2O4+. The molecule has 1 aliphatic heterocycles. The van der Waals surface area contributed by atoms with Crippen molar-refractivity contribution in [2.75, 3.05) is 27.3 Å². The fourth-order valence-corrected chi connectivity index (χ4v) is 3.56. The highest BCUT2D eigenvalue weighted by Gasteiger charge is 2.28. The van der Waals surface area contributed by atoms with Crippen molar-refractivity contribution in [3.8, 4) is 11.5 Å². The van der Waals surface area contributed by atoms with E-state index in [-0.39, 0.29) is 11.8 Å². The molecule has 0 atom stereocenters. The zero-order chi connectivity index (χ0) is 18.4. The van der Waals surface area contributed by atoms with Gasteiger partial charge in [-0.05, 0) is 24.3 Å². The molecule has 6 nitrogen and oxygen atoms in total. The topological polar surface area (TPSA) is 65.1 Å². The second-order valence-electron chi connectivity index (χ2n) is 6.65. The van der Waals surface area contributed by atoms with E-state index in [1.165, 1.54) is 4.90 Å². The fraction of sp³-hybridized carbons (Fsp3) is 0.450. The third-order valence-electron chi connectivity index (χ3n) is 5.01. The lowest BCUT2D eigenvalue weighted by Gasteiger charge is -2.29. The Morgan fingerprint density at radius 2 is 2.00 bits per heavy atom.